The molecule has 180 valence electrons. The molecule has 6 nitrogen and oxygen atoms in total. The summed E-state index contributed by atoms with van der Waals surface area (Å²) in [5.41, 5.74) is 3.56. The van der Waals surface area contributed by atoms with Crippen LogP contribution >= 0.6 is 11.6 Å². The lowest BCUT2D eigenvalue weighted by Crippen LogP contribution is -2.29. The van der Waals surface area contributed by atoms with E-state index in [1.165, 1.54) is 4.90 Å². The standard InChI is InChI=1S/C27H31ClN2O4/c1-8-33-26(32)24(34-27(3,4)5)22-16(2)15-21-19(13-14-20(29-21)25(31)30(6)7)23(22)17-9-11-18(28)12-10-17/h9-15,24H,8H2,1-7H3/t24-/m0/s1. The zero-order valence-electron chi connectivity index (χ0n) is 20.7. The van der Waals surface area contributed by atoms with Gasteiger partial charge in [0.2, 0.25) is 0 Å². The van der Waals surface area contributed by atoms with Crippen molar-refractivity contribution in [3.05, 3.63) is 64.3 Å². The molecule has 3 rings (SSSR count). The van der Waals surface area contributed by atoms with E-state index in [9.17, 15) is 9.59 Å². The van der Waals surface area contributed by atoms with Gasteiger partial charge < -0.3 is 14.4 Å². The minimum Gasteiger partial charge on any atom is -0.464 e. The van der Waals surface area contributed by atoms with Gasteiger partial charge in [-0.3, -0.25) is 4.79 Å². The molecule has 1 aromatic heterocycles. The average Bonchev–Trinajstić information content (AvgIpc) is 2.76. The number of fused-ring (bicyclic) bond motifs is 1. The topological polar surface area (TPSA) is 68.7 Å². The lowest BCUT2D eigenvalue weighted by atomic mass is 9.88. The van der Waals surface area contributed by atoms with E-state index in [0.29, 0.717) is 21.8 Å². The molecule has 0 saturated carbocycles. The molecule has 0 aliphatic rings. The van der Waals surface area contributed by atoms with Gasteiger partial charge in [0.25, 0.3) is 5.91 Å². The van der Waals surface area contributed by atoms with Crippen molar-refractivity contribution in [3.8, 4) is 11.1 Å². The number of carbonyl (C=O) groups excluding carboxylic acids is 2. The average molecular weight is 483 g/mol. The number of rotatable bonds is 6. The third-order valence-corrected chi connectivity index (χ3v) is 5.49. The Labute approximate surface area is 205 Å². The monoisotopic (exact) mass is 482 g/mol. The highest BCUT2D eigenvalue weighted by Gasteiger charge is 2.33. The number of nitrogens with zero attached hydrogens (tertiary/aromatic N) is 2. The predicted octanol–water partition coefficient (Wildman–Crippen LogP) is 5.98. The highest BCUT2D eigenvalue weighted by atomic mass is 35.5. The molecule has 0 aliphatic heterocycles. The van der Waals surface area contributed by atoms with Crippen LogP contribution in [0.4, 0.5) is 0 Å². The Kier molecular flexibility index (Phi) is 7.64. The van der Waals surface area contributed by atoms with Crippen LogP contribution in [0.3, 0.4) is 0 Å². The van der Waals surface area contributed by atoms with Gasteiger partial charge in [-0.25, -0.2) is 9.78 Å². The van der Waals surface area contributed by atoms with E-state index in [4.69, 9.17) is 21.1 Å². The molecule has 0 fully saturated rings. The van der Waals surface area contributed by atoms with Crippen LogP contribution in [0.25, 0.3) is 22.0 Å². The lowest BCUT2D eigenvalue weighted by Gasteiger charge is -2.29. The molecule has 0 radical (unpaired) electrons. The summed E-state index contributed by atoms with van der Waals surface area (Å²) in [6, 6.07) is 12.9. The Morgan fingerprint density at radius 2 is 1.74 bits per heavy atom. The molecule has 2 aromatic carbocycles. The highest BCUT2D eigenvalue weighted by molar-refractivity contribution is 6.30. The first-order valence-electron chi connectivity index (χ1n) is 11.2. The number of aryl methyl sites for hydroxylation is 1. The fourth-order valence-electron chi connectivity index (χ4n) is 3.83. The molecule has 34 heavy (non-hydrogen) atoms. The molecule has 0 bridgehead atoms. The Bertz CT molecular complexity index is 1210. The molecule has 0 N–H and O–H groups in total. The van der Waals surface area contributed by atoms with Gasteiger partial charge in [-0.15, -0.1) is 0 Å². The van der Waals surface area contributed by atoms with Crippen LogP contribution in [0.1, 0.15) is 55.4 Å². The van der Waals surface area contributed by atoms with Gasteiger partial charge in [-0.1, -0.05) is 23.7 Å². The number of benzene rings is 2. The third-order valence-electron chi connectivity index (χ3n) is 5.23. The quantitative estimate of drug-likeness (QED) is 0.404. The van der Waals surface area contributed by atoms with Crippen molar-refractivity contribution in [1.29, 1.82) is 0 Å². The van der Waals surface area contributed by atoms with Gasteiger partial charge in [0.15, 0.2) is 6.10 Å². The van der Waals surface area contributed by atoms with Gasteiger partial charge in [0, 0.05) is 30.1 Å². The van der Waals surface area contributed by atoms with Crippen molar-refractivity contribution < 1.29 is 19.1 Å². The largest absolute Gasteiger partial charge is 0.464 e. The maximum absolute atomic E-state index is 13.1. The number of ether oxygens (including phenoxy) is 2. The summed E-state index contributed by atoms with van der Waals surface area (Å²) in [5, 5.41) is 1.40. The molecule has 1 amide bonds. The van der Waals surface area contributed by atoms with E-state index in [1.54, 1.807) is 39.2 Å². The minimum absolute atomic E-state index is 0.183. The third kappa shape index (κ3) is 5.57. The summed E-state index contributed by atoms with van der Waals surface area (Å²) in [5.74, 6) is -0.639. The van der Waals surface area contributed by atoms with Crippen LogP contribution in [0.5, 0.6) is 0 Å². The Balaban J connectivity index is 2.37. The molecule has 0 aliphatic carbocycles. The fraction of sp³-hybridized carbons (Fsp3) is 0.370. The van der Waals surface area contributed by atoms with E-state index in [0.717, 1.165) is 22.1 Å². The lowest BCUT2D eigenvalue weighted by molar-refractivity contribution is -0.166. The number of hydrogen-bond donors (Lipinski definition) is 0. The van der Waals surface area contributed by atoms with Crippen molar-refractivity contribution in [2.75, 3.05) is 20.7 Å². The van der Waals surface area contributed by atoms with Crippen molar-refractivity contribution in [3.63, 3.8) is 0 Å². The SMILES string of the molecule is CCOC(=O)[C@@H](OC(C)(C)C)c1c(C)cc2nc(C(=O)N(C)C)ccc2c1-c1ccc(Cl)cc1. The van der Waals surface area contributed by atoms with Crippen molar-refractivity contribution in [2.24, 2.45) is 0 Å². The van der Waals surface area contributed by atoms with Crippen LogP contribution in [0.2, 0.25) is 5.02 Å². The highest BCUT2D eigenvalue weighted by Crippen LogP contribution is 2.40. The second-order valence-corrected chi connectivity index (χ2v) is 9.75. The van der Waals surface area contributed by atoms with E-state index >= 15 is 0 Å². The minimum atomic E-state index is -0.946. The van der Waals surface area contributed by atoms with Crippen LogP contribution in [-0.4, -0.2) is 48.1 Å². The van der Waals surface area contributed by atoms with Crippen LogP contribution < -0.4 is 0 Å². The van der Waals surface area contributed by atoms with Gasteiger partial charge in [-0.05, 0) is 81.6 Å². The first kappa shape index (κ1) is 25.7. The van der Waals surface area contributed by atoms with Crippen LogP contribution in [0.15, 0.2) is 42.5 Å². The number of amides is 1. The number of halogens is 1. The zero-order chi connectivity index (χ0) is 25.2. The molecule has 1 heterocycles. The summed E-state index contributed by atoms with van der Waals surface area (Å²) in [7, 11) is 3.38. The second kappa shape index (κ2) is 10.1. The van der Waals surface area contributed by atoms with Crippen LogP contribution in [-0.2, 0) is 14.3 Å². The maximum atomic E-state index is 13.1. The maximum Gasteiger partial charge on any atom is 0.339 e. The zero-order valence-corrected chi connectivity index (χ0v) is 21.5. The molecule has 3 aromatic rings. The van der Waals surface area contributed by atoms with E-state index in [2.05, 4.69) is 4.98 Å². The summed E-state index contributed by atoms with van der Waals surface area (Å²) in [6.45, 7) is 9.62. The number of hydrogen-bond acceptors (Lipinski definition) is 5. The van der Waals surface area contributed by atoms with Gasteiger partial charge in [-0.2, -0.15) is 0 Å². The van der Waals surface area contributed by atoms with E-state index in [1.807, 2.05) is 52.0 Å². The van der Waals surface area contributed by atoms with Gasteiger partial charge >= 0.3 is 5.97 Å². The fourth-order valence-corrected chi connectivity index (χ4v) is 3.96. The summed E-state index contributed by atoms with van der Waals surface area (Å²) in [4.78, 5) is 31.8. The van der Waals surface area contributed by atoms with Crippen molar-refractivity contribution in [2.45, 2.75) is 46.3 Å². The van der Waals surface area contributed by atoms with Crippen LogP contribution in [0, 0.1) is 6.92 Å². The van der Waals surface area contributed by atoms with Gasteiger partial charge in [0.05, 0.1) is 17.7 Å². The first-order valence-corrected chi connectivity index (χ1v) is 11.6. The first-order chi connectivity index (χ1) is 15.9. The number of aromatic nitrogens is 1. The van der Waals surface area contributed by atoms with E-state index < -0.39 is 17.7 Å². The Morgan fingerprint density at radius 1 is 1.09 bits per heavy atom. The molecule has 0 unspecified atom stereocenters. The normalized spacial score (nSPS) is 12.5. The second-order valence-electron chi connectivity index (χ2n) is 9.31. The predicted molar refractivity (Wildman–Crippen MR) is 135 cm³/mol. The molecule has 0 spiro atoms. The molecule has 0 saturated heterocycles. The number of esters is 1. The Hall–Kier alpha value is -2.96. The van der Waals surface area contributed by atoms with Crippen molar-refractivity contribution in [1.82, 2.24) is 9.88 Å². The molecule has 7 heteroatoms. The summed E-state index contributed by atoms with van der Waals surface area (Å²) in [6.07, 6.45) is -0.946. The van der Waals surface area contributed by atoms with Crippen molar-refractivity contribution >= 4 is 34.4 Å². The smallest absolute Gasteiger partial charge is 0.339 e. The summed E-state index contributed by atoms with van der Waals surface area (Å²) < 4.78 is 11.7. The number of pyridine rings is 1. The molecular weight excluding hydrogens is 452 g/mol. The molecular formula is C27H31ClN2O4. The Morgan fingerprint density at radius 3 is 2.29 bits per heavy atom. The van der Waals surface area contributed by atoms with E-state index in [-0.39, 0.29) is 12.5 Å². The number of carbonyl (C=O) groups is 2. The van der Waals surface area contributed by atoms with Gasteiger partial charge in [0.1, 0.15) is 5.69 Å². The molecule has 1 atom stereocenters. The summed E-state index contributed by atoms with van der Waals surface area (Å²) >= 11 is 6.16.